The van der Waals surface area contributed by atoms with Crippen LogP contribution in [0.15, 0.2) is 24.3 Å². The van der Waals surface area contributed by atoms with Gasteiger partial charge in [-0.1, -0.05) is 18.2 Å². The number of piperidine rings is 1. The van der Waals surface area contributed by atoms with Gasteiger partial charge in [0.2, 0.25) is 0 Å². The fraction of sp³-hybridized carbons (Fsp3) is 0.538. The van der Waals surface area contributed by atoms with E-state index in [-0.39, 0.29) is 0 Å². The van der Waals surface area contributed by atoms with Gasteiger partial charge in [-0.2, -0.15) is 13.2 Å². The highest BCUT2D eigenvalue weighted by molar-refractivity contribution is 5.26. The maximum atomic E-state index is 12.5. The molecule has 1 unspecified atom stereocenters. The van der Waals surface area contributed by atoms with E-state index in [1.165, 1.54) is 12.1 Å². The summed E-state index contributed by atoms with van der Waals surface area (Å²) < 4.78 is 37.6. The number of alkyl halides is 3. The van der Waals surface area contributed by atoms with Crippen LogP contribution in [0.25, 0.3) is 0 Å². The lowest BCUT2D eigenvalue weighted by molar-refractivity contribution is -0.137. The average Bonchev–Trinajstić information content (AvgIpc) is 2.29. The van der Waals surface area contributed by atoms with Crippen molar-refractivity contribution in [2.45, 2.75) is 25.4 Å². The lowest BCUT2D eigenvalue weighted by Gasteiger charge is -2.23. The number of rotatable bonds is 2. The third-order valence-electron chi connectivity index (χ3n) is 3.18. The summed E-state index contributed by atoms with van der Waals surface area (Å²) in [6.07, 6.45) is -1.29. The topological polar surface area (TPSA) is 12.0 Å². The van der Waals surface area contributed by atoms with E-state index in [0.29, 0.717) is 5.92 Å². The van der Waals surface area contributed by atoms with Crippen LogP contribution in [0, 0.1) is 5.92 Å². The van der Waals surface area contributed by atoms with Crippen molar-refractivity contribution in [3.8, 4) is 0 Å². The Hall–Kier alpha value is -1.03. The van der Waals surface area contributed by atoms with Crippen molar-refractivity contribution in [1.82, 2.24) is 5.32 Å². The molecule has 0 radical (unpaired) electrons. The summed E-state index contributed by atoms with van der Waals surface area (Å²) in [7, 11) is 0. The van der Waals surface area contributed by atoms with Gasteiger partial charge in [0.15, 0.2) is 0 Å². The Morgan fingerprint density at radius 3 is 2.76 bits per heavy atom. The maximum Gasteiger partial charge on any atom is 0.416 e. The molecule has 1 nitrogen and oxygen atoms in total. The highest BCUT2D eigenvalue weighted by Crippen LogP contribution is 2.30. The Morgan fingerprint density at radius 2 is 2.12 bits per heavy atom. The third kappa shape index (κ3) is 3.46. The van der Waals surface area contributed by atoms with Gasteiger partial charge in [-0.3, -0.25) is 0 Å². The fourth-order valence-electron chi connectivity index (χ4n) is 2.31. The van der Waals surface area contributed by atoms with Crippen LogP contribution >= 0.6 is 0 Å². The van der Waals surface area contributed by atoms with Crippen LogP contribution in [0.2, 0.25) is 0 Å². The molecule has 0 aromatic heterocycles. The minimum absolute atomic E-state index is 0.465. The number of nitrogens with one attached hydrogen (secondary N) is 1. The summed E-state index contributed by atoms with van der Waals surface area (Å²) in [6, 6.07) is 5.68. The van der Waals surface area contributed by atoms with Crippen molar-refractivity contribution in [3.63, 3.8) is 0 Å². The first-order valence-corrected chi connectivity index (χ1v) is 5.92. The SMILES string of the molecule is FC(F)(F)c1cccc(CC2CCCNC2)c1. The summed E-state index contributed by atoms with van der Waals surface area (Å²) in [4.78, 5) is 0. The molecule has 1 heterocycles. The quantitative estimate of drug-likeness (QED) is 0.840. The van der Waals surface area contributed by atoms with E-state index in [1.54, 1.807) is 6.07 Å². The molecular weight excluding hydrogens is 227 g/mol. The van der Waals surface area contributed by atoms with E-state index in [4.69, 9.17) is 0 Å². The van der Waals surface area contributed by atoms with E-state index in [1.807, 2.05) is 0 Å². The summed E-state index contributed by atoms with van der Waals surface area (Å²) in [5.74, 6) is 0.465. The smallest absolute Gasteiger partial charge is 0.316 e. The minimum atomic E-state index is -4.24. The molecule has 1 atom stereocenters. The monoisotopic (exact) mass is 243 g/mol. The van der Waals surface area contributed by atoms with Crippen LogP contribution in [0.5, 0.6) is 0 Å². The maximum absolute atomic E-state index is 12.5. The van der Waals surface area contributed by atoms with Gasteiger partial charge in [-0.25, -0.2) is 0 Å². The molecule has 1 N–H and O–H groups in total. The van der Waals surface area contributed by atoms with E-state index < -0.39 is 11.7 Å². The van der Waals surface area contributed by atoms with Gasteiger partial charge in [-0.15, -0.1) is 0 Å². The van der Waals surface area contributed by atoms with Gasteiger partial charge in [0.1, 0.15) is 0 Å². The largest absolute Gasteiger partial charge is 0.416 e. The van der Waals surface area contributed by atoms with E-state index in [0.717, 1.165) is 44.0 Å². The Kier molecular flexibility index (Phi) is 3.72. The predicted molar refractivity (Wildman–Crippen MR) is 60.7 cm³/mol. The van der Waals surface area contributed by atoms with Gasteiger partial charge in [0.25, 0.3) is 0 Å². The minimum Gasteiger partial charge on any atom is -0.316 e. The van der Waals surface area contributed by atoms with Gasteiger partial charge in [0.05, 0.1) is 5.56 Å². The van der Waals surface area contributed by atoms with Crippen LogP contribution < -0.4 is 5.32 Å². The molecule has 0 saturated carbocycles. The zero-order valence-electron chi connectivity index (χ0n) is 9.56. The fourth-order valence-corrected chi connectivity index (χ4v) is 2.31. The first-order chi connectivity index (χ1) is 8.05. The molecule has 0 bridgehead atoms. The predicted octanol–water partition coefficient (Wildman–Crippen LogP) is 3.25. The summed E-state index contributed by atoms with van der Waals surface area (Å²) in [6.45, 7) is 1.94. The summed E-state index contributed by atoms with van der Waals surface area (Å²) in [5, 5.41) is 3.28. The molecule has 94 valence electrons. The van der Waals surface area contributed by atoms with Crippen molar-refractivity contribution in [3.05, 3.63) is 35.4 Å². The number of hydrogen-bond acceptors (Lipinski definition) is 1. The van der Waals surface area contributed by atoms with Gasteiger partial charge in [0, 0.05) is 0 Å². The second-order valence-corrected chi connectivity index (χ2v) is 4.61. The molecule has 1 saturated heterocycles. The Bertz CT molecular complexity index is 367. The van der Waals surface area contributed by atoms with Gasteiger partial charge >= 0.3 is 6.18 Å². The second-order valence-electron chi connectivity index (χ2n) is 4.61. The molecule has 1 aliphatic heterocycles. The van der Waals surface area contributed by atoms with Crippen molar-refractivity contribution in [2.75, 3.05) is 13.1 Å². The third-order valence-corrected chi connectivity index (χ3v) is 3.18. The molecule has 0 amide bonds. The molecule has 1 fully saturated rings. The van der Waals surface area contributed by atoms with Crippen LogP contribution in [0.1, 0.15) is 24.0 Å². The molecule has 1 aliphatic rings. The average molecular weight is 243 g/mol. The number of benzene rings is 1. The standard InChI is InChI=1S/C13H16F3N/c14-13(15,16)12-5-1-3-10(8-12)7-11-4-2-6-17-9-11/h1,3,5,8,11,17H,2,4,6-7,9H2. The molecule has 4 heteroatoms. The van der Waals surface area contributed by atoms with Crippen molar-refractivity contribution >= 4 is 0 Å². The van der Waals surface area contributed by atoms with Crippen LogP contribution in [-0.2, 0) is 12.6 Å². The Morgan fingerprint density at radius 1 is 1.29 bits per heavy atom. The van der Waals surface area contributed by atoms with Crippen LogP contribution in [0.3, 0.4) is 0 Å². The summed E-state index contributed by atoms with van der Waals surface area (Å²) >= 11 is 0. The van der Waals surface area contributed by atoms with Crippen LogP contribution in [0.4, 0.5) is 13.2 Å². The second kappa shape index (κ2) is 5.08. The highest BCUT2D eigenvalue weighted by Gasteiger charge is 2.30. The molecular formula is C13H16F3N. The first kappa shape index (κ1) is 12.4. The van der Waals surface area contributed by atoms with Gasteiger partial charge < -0.3 is 5.32 Å². The Balaban J connectivity index is 2.05. The van der Waals surface area contributed by atoms with Crippen molar-refractivity contribution < 1.29 is 13.2 Å². The number of hydrogen-bond donors (Lipinski definition) is 1. The van der Waals surface area contributed by atoms with E-state index in [2.05, 4.69) is 5.32 Å². The van der Waals surface area contributed by atoms with Crippen LogP contribution in [-0.4, -0.2) is 13.1 Å². The normalized spacial score (nSPS) is 21.5. The van der Waals surface area contributed by atoms with E-state index >= 15 is 0 Å². The molecule has 0 spiro atoms. The first-order valence-electron chi connectivity index (χ1n) is 5.92. The van der Waals surface area contributed by atoms with E-state index in [9.17, 15) is 13.2 Å². The van der Waals surface area contributed by atoms with Crippen molar-refractivity contribution in [2.24, 2.45) is 5.92 Å². The van der Waals surface area contributed by atoms with Crippen molar-refractivity contribution in [1.29, 1.82) is 0 Å². The lowest BCUT2D eigenvalue weighted by atomic mass is 9.92. The zero-order chi connectivity index (χ0) is 12.3. The molecule has 1 aromatic carbocycles. The molecule has 1 aromatic rings. The molecule has 0 aliphatic carbocycles. The molecule has 17 heavy (non-hydrogen) atoms. The zero-order valence-corrected chi connectivity index (χ0v) is 9.56. The van der Waals surface area contributed by atoms with Gasteiger partial charge in [-0.05, 0) is 49.9 Å². The molecule has 2 rings (SSSR count). The lowest BCUT2D eigenvalue weighted by Crippen LogP contribution is -2.30. The number of halogens is 3. The Labute approximate surface area is 99.0 Å². The summed E-state index contributed by atoms with van der Waals surface area (Å²) in [5.41, 5.74) is 0.243. The highest BCUT2D eigenvalue weighted by atomic mass is 19.4.